The van der Waals surface area contributed by atoms with Crippen molar-refractivity contribution in [2.75, 3.05) is 6.79 Å². The van der Waals surface area contributed by atoms with Crippen molar-refractivity contribution in [1.29, 1.82) is 0 Å². The van der Waals surface area contributed by atoms with Crippen molar-refractivity contribution in [3.63, 3.8) is 0 Å². The van der Waals surface area contributed by atoms with E-state index < -0.39 is 0 Å². The third-order valence-corrected chi connectivity index (χ3v) is 3.76. The summed E-state index contributed by atoms with van der Waals surface area (Å²) >= 11 is 0. The van der Waals surface area contributed by atoms with Gasteiger partial charge in [-0.05, 0) is 42.7 Å². The van der Waals surface area contributed by atoms with Gasteiger partial charge in [-0.3, -0.25) is 0 Å². The molecule has 20 heavy (non-hydrogen) atoms. The molecule has 0 saturated heterocycles. The van der Waals surface area contributed by atoms with Gasteiger partial charge in [-0.15, -0.1) is 0 Å². The van der Waals surface area contributed by atoms with Gasteiger partial charge in [0.2, 0.25) is 6.79 Å². The van der Waals surface area contributed by atoms with Crippen LogP contribution in [0.3, 0.4) is 0 Å². The maximum absolute atomic E-state index is 5.42. The van der Waals surface area contributed by atoms with E-state index in [1.165, 1.54) is 16.7 Å². The van der Waals surface area contributed by atoms with Crippen molar-refractivity contribution in [2.24, 2.45) is 0 Å². The van der Waals surface area contributed by atoms with Crippen molar-refractivity contribution >= 4 is 0 Å². The minimum Gasteiger partial charge on any atom is -0.454 e. The standard InChI is InChI=1S/C17H19NO2/c1-12-5-3-4-6-15(12)10-18-13(2)14-7-8-16-17(9-14)20-11-19-16/h3-9,13,18H,10-11H2,1-2H3. The molecule has 0 radical (unpaired) electrons. The molecular formula is C17H19NO2. The van der Waals surface area contributed by atoms with E-state index in [1.807, 2.05) is 6.07 Å². The Morgan fingerprint density at radius 2 is 1.90 bits per heavy atom. The van der Waals surface area contributed by atoms with Crippen LogP contribution in [0.2, 0.25) is 0 Å². The highest BCUT2D eigenvalue weighted by molar-refractivity contribution is 5.45. The molecule has 2 aromatic carbocycles. The number of aryl methyl sites for hydroxylation is 1. The molecule has 1 heterocycles. The SMILES string of the molecule is Cc1ccccc1CNC(C)c1ccc2c(c1)OCO2. The summed E-state index contributed by atoms with van der Waals surface area (Å²) in [7, 11) is 0. The highest BCUT2D eigenvalue weighted by Gasteiger charge is 2.15. The highest BCUT2D eigenvalue weighted by Crippen LogP contribution is 2.34. The second-order valence-corrected chi connectivity index (χ2v) is 5.14. The fraction of sp³-hybridized carbons (Fsp3) is 0.294. The Morgan fingerprint density at radius 1 is 1.10 bits per heavy atom. The van der Waals surface area contributed by atoms with Crippen LogP contribution in [0.4, 0.5) is 0 Å². The lowest BCUT2D eigenvalue weighted by Crippen LogP contribution is -2.18. The molecule has 1 atom stereocenters. The molecule has 0 spiro atoms. The lowest BCUT2D eigenvalue weighted by Gasteiger charge is -2.15. The van der Waals surface area contributed by atoms with Crippen LogP contribution in [0, 0.1) is 6.92 Å². The minimum absolute atomic E-state index is 0.268. The van der Waals surface area contributed by atoms with Gasteiger partial charge in [0.15, 0.2) is 11.5 Å². The molecule has 3 nitrogen and oxygen atoms in total. The van der Waals surface area contributed by atoms with E-state index in [9.17, 15) is 0 Å². The molecule has 1 N–H and O–H groups in total. The molecular weight excluding hydrogens is 250 g/mol. The summed E-state index contributed by atoms with van der Waals surface area (Å²) in [5.41, 5.74) is 3.86. The van der Waals surface area contributed by atoms with Crippen molar-refractivity contribution in [2.45, 2.75) is 26.4 Å². The lowest BCUT2D eigenvalue weighted by molar-refractivity contribution is 0.174. The van der Waals surface area contributed by atoms with Crippen LogP contribution in [-0.4, -0.2) is 6.79 Å². The van der Waals surface area contributed by atoms with Crippen LogP contribution in [0.25, 0.3) is 0 Å². The van der Waals surface area contributed by atoms with Gasteiger partial charge in [-0.2, -0.15) is 0 Å². The molecule has 3 heteroatoms. The Hall–Kier alpha value is -2.00. The van der Waals surface area contributed by atoms with Crippen LogP contribution in [0.1, 0.15) is 29.7 Å². The third kappa shape index (κ3) is 2.63. The van der Waals surface area contributed by atoms with Gasteiger partial charge >= 0.3 is 0 Å². The summed E-state index contributed by atoms with van der Waals surface area (Å²) in [6.45, 7) is 5.49. The van der Waals surface area contributed by atoms with Crippen LogP contribution < -0.4 is 14.8 Å². The van der Waals surface area contributed by atoms with Gasteiger partial charge in [0.1, 0.15) is 0 Å². The summed E-state index contributed by atoms with van der Waals surface area (Å²) in [5.74, 6) is 1.67. The number of ether oxygens (including phenoxy) is 2. The first-order valence-corrected chi connectivity index (χ1v) is 6.91. The number of nitrogens with one attached hydrogen (secondary N) is 1. The van der Waals surface area contributed by atoms with Crippen molar-refractivity contribution < 1.29 is 9.47 Å². The predicted molar refractivity (Wildman–Crippen MR) is 79.0 cm³/mol. The first-order valence-electron chi connectivity index (χ1n) is 6.91. The summed E-state index contributed by atoms with van der Waals surface area (Å²) in [6, 6.07) is 14.8. The average Bonchev–Trinajstić information content (AvgIpc) is 2.93. The Kier molecular flexibility index (Phi) is 3.61. The molecule has 0 aromatic heterocycles. The lowest BCUT2D eigenvalue weighted by atomic mass is 10.1. The molecule has 0 saturated carbocycles. The Bertz CT molecular complexity index is 610. The van der Waals surface area contributed by atoms with Gasteiger partial charge in [0.05, 0.1) is 0 Å². The summed E-state index contributed by atoms with van der Waals surface area (Å²) in [4.78, 5) is 0. The molecule has 0 fully saturated rings. The maximum Gasteiger partial charge on any atom is 0.231 e. The van der Waals surface area contributed by atoms with Crippen molar-refractivity contribution in [3.8, 4) is 11.5 Å². The molecule has 104 valence electrons. The smallest absolute Gasteiger partial charge is 0.231 e. The van der Waals surface area contributed by atoms with Gasteiger partial charge in [-0.25, -0.2) is 0 Å². The zero-order chi connectivity index (χ0) is 13.9. The number of benzene rings is 2. The number of fused-ring (bicyclic) bond motifs is 1. The Balaban J connectivity index is 1.67. The monoisotopic (exact) mass is 269 g/mol. The van der Waals surface area contributed by atoms with E-state index in [0.29, 0.717) is 6.79 Å². The van der Waals surface area contributed by atoms with Crippen LogP contribution >= 0.6 is 0 Å². The van der Waals surface area contributed by atoms with Crippen LogP contribution in [0.15, 0.2) is 42.5 Å². The number of rotatable bonds is 4. The van der Waals surface area contributed by atoms with E-state index in [4.69, 9.17) is 9.47 Å². The van der Waals surface area contributed by atoms with Crippen molar-refractivity contribution in [1.82, 2.24) is 5.32 Å². The van der Waals surface area contributed by atoms with E-state index >= 15 is 0 Å². The zero-order valence-electron chi connectivity index (χ0n) is 11.8. The van der Waals surface area contributed by atoms with Crippen LogP contribution in [-0.2, 0) is 6.54 Å². The predicted octanol–water partition coefficient (Wildman–Crippen LogP) is 3.57. The minimum atomic E-state index is 0.268. The second-order valence-electron chi connectivity index (χ2n) is 5.14. The fourth-order valence-corrected chi connectivity index (χ4v) is 2.37. The number of hydrogen-bond donors (Lipinski definition) is 1. The summed E-state index contributed by atoms with van der Waals surface area (Å²) < 4.78 is 10.8. The third-order valence-electron chi connectivity index (χ3n) is 3.76. The molecule has 3 rings (SSSR count). The average molecular weight is 269 g/mol. The second kappa shape index (κ2) is 5.55. The van der Waals surface area contributed by atoms with E-state index in [1.54, 1.807) is 0 Å². The van der Waals surface area contributed by atoms with Gasteiger partial charge < -0.3 is 14.8 Å². The molecule has 1 aliphatic rings. The number of hydrogen-bond acceptors (Lipinski definition) is 3. The van der Waals surface area contributed by atoms with Gasteiger partial charge in [0.25, 0.3) is 0 Å². The Morgan fingerprint density at radius 3 is 2.75 bits per heavy atom. The topological polar surface area (TPSA) is 30.5 Å². The largest absolute Gasteiger partial charge is 0.454 e. The maximum atomic E-state index is 5.42. The normalized spacial score (nSPS) is 14.3. The molecule has 0 bridgehead atoms. The molecule has 2 aromatic rings. The fourth-order valence-electron chi connectivity index (χ4n) is 2.37. The molecule has 0 amide bonds. The quantitative estimate of drug-likeness (QED) is 0.920. The molecule has 1 aliphatic heterocycles. The molecule has 1 unspecified atom stereocenters. The zero-order valence-corrected chi connectivity index (χ0v) is 11.8. The first-order chi connectivity index (χ1) is 9.74. The summed E-state index contributed by atoms with van der Waals surface area (Å²) in [5, 5.41) is 3.55. The highest BCUT2D eigenvalue weighted by atomic mass is 16.7. The van der Waals surface area contributed by atoms with Gasteiger partial charge in [0, 0.05) is 12.6 Å². The van der Waals surface area contributed by atoms with E-state index in [-0.39, 0.29) is 6.04 Å². The molecule has 0 aliphatic carbocycles. The van der Waals surface area contributed by atoms with E-state index in [2.05, 4.69) is 55.6 Å². The Labute approximate surface area is 119 Å². The first kappa shape index (κ1) is 13.0. The van der Waals surface area contributed by atoms with Gasteiger partial charge in [-0.1, -0.05) is 30.3 Å². The van der Waals surface area contributed by atoms with Crippen LogP contribution in [0.5, 0.6) is 11.5 Å². The van der Waals surface area contributed by atoms with E-state index in [0.717, 1.165) is 18.0 Å². The van der Waals surface area contributed by atoms with Crippen molar-refractivity contribution in [3.05, 3.63) is 59.2 Å². The summed E-state index contributed by atoms with van der Waals surface area (Å²) in [6.07, 6.45) is 0.